The highest BCUT2D eigenvalue weighted by Gasteiger charge is 2.28. The van der Waals surface area contributed by atoms with Gasteiger partial charge >= 0.3 is 0 Å². The molecule has 2 fully saturated rings. The number of piperidine rings is 1. The second kappa shape index (κ2) is 7.05. The first-order valence-corrected chi connectivity index (χ1v) is 9.02. The van der Waals surface area contributed by atoms with Crippen LogP contribution in [0.3, 0.4) is 0 Å². The fourth-order valence-electron chi connectivity index (χ4n) is 3.86. The maximum atomic E-state index is 5.89. The first-order valence-electron chi connectivity index (χ1n) is 9.02. The monoisotopic (exact) mass is 326 g/mol. The minimum atomic E-state index is 0.658. The number of likely N-dealkylation sites (tertiary alicyclic amines) is 1. The Balaban J connectivity index is 1.37. The van der Waals surface area contributed by atoms with Crippen molar-refractivity contribution >= 4 is 0 Å². The summed E-state index contributed by atoms with van der Waals surface area (Å²) in [7, 11) is 0. The van der Waals surface area contributed by atoms with Crippen molar-refractivity contribution in [3.8, 4) is 11.5 Å². The number of aromatic nitrogens is 1. The predicted molar refractivity (Wildman–Crippen MR) is 94.2 cm³/mol. The number of aryl methyl sites for hydroxylation is 1. The molecule has 1 unspecified atom stereocenters. The quantitative estimate of drug-likeness (QED) is 0.905. The van der Waals surface area contributed by atoms with E-state index in [0.29, 0.717) is 6.04 Å². The lowest BCUT2D eigenvalue weighted by Gasteiger charge is -2.34. The lowest BCUT2D eigenvalue weighted by atomic mass is 9.88. The number of oxazole rings is 1. The van der Waals surface area contributed by atoms with Gasteiger partial charge in [-0.05, 0) is 57.3 Å². The summed E-state index contributed by atoms with van der Waals surface area (Å²) in [5.74, 6) is 2.48. The van der Waals surface area contributed by atoms with Crippen molar-refractivity contribution in [1.82, 2.24) is 20.7 Å². The zero-order chi connectivity index (χ0) is 16.4. The van der Waals surface area contributed by atoms with E-state index < -0.39 is 0 Å². The number of nitrogens with zero attached hydrogens (tertiary/aromatic N) is 2. The average molecular weight is 326 g/mol. The van der Waals surface area contributed by atoms with E-state index in [1.165, 1.54) is 19.3 Å². The van der Waals surface area contributed by atoms with Gasteiger partial charge in [-0.1, -0.05) is 18.2 Å². The third-order valence-electron chi connectivity index (χ3n) is 5.36. The van der Waals surface area contributed by atoms with Gasteiger partial charge in [0.15, 0.2) is 0 Å². The summed E-state index contributed by atoms with van der Waals surface area (Å²) >= 11 is 0. The predicted octanol–water partition coefficient (Wildman–Crippen LogP) is 2.73. The molecule has 0 aliphatic carbocycles. The summed E-state index contributed by atoms with van der Waals surface area (Å²) in [6.45, 7) is 6.32. The Morgan fingerprint density at radius 2 is 1.96 bits per heavy atom. The first kappa shape index (κ1) is 15.8. The summed E-state index contributed by atoms with van der Waals surface area (Å²) in [4.78, 5) is 7.25. The van der Waals surface area contributed by atoms with E-state index in [9.17, 15) is 0 Å². The van der Waals surface area contributed by atoms with Crippen LogP contribution in [0.2, 0.25) is 0 Å². The van der Waals surface area contributed by atoms with Gasteiger partial charge in [0, 0.05) is 24.7 Å². The second-order valence-corrected chi connectivity index (χ2v) is 6.97. The summed E-state index contributed by atoms with van der Waals surface area (Å²) in [6, 6.07) is 10.8. The van der Waals surface area contributed by atoms with Crippen molar-refractivity contribution in [2.24, 2.45) is 5.92 Å². The van der Waals surface area contributed by atoms with Crippen LogP contribution >= 0.6 is 0 Å². The molecule has 3 heterocycles. The first-order chi connectivity index (χ1) is 11.8. The normalized spacial score (nSPS) is 23.0. The Morgan fingerprint density at radius 3 is 2.67 bits per heavy atom. The van der Waals surface area contributed by atoms with E-state index in [4.69, 9.17) is 9.40 Å². The highest BCUT2D eigenvalue weighted by atomic mass is 16.4. The molecule has 1 atom stereocenters. The molecule has 0 saturated carbocycles. The van der Waals surface area contributed by atoms with E-state index in [1.807, 2.05) is 37.3 Å². The molecule has 2 N–H and O–H groups in total. The molecule has 2 saturated heterocycles. The van der Waals surface area contributed by atoms with E-state index in [1.54, 1.807) is 0 Å². The van der Waals surface area contributed by atoms with Crippen molar-refractivity contribution in [3.05, 3.63) is 41.8 Å². The molecule has 5 nitrogen and oxygen atoms in total. The number of benzene rings is 1. The summed E-state index contributed by atoms with van der Waals surface area (Å²) in [5, 5.41) is 0. The Bertz CT molecular complexity index is 655. The van der Waals surface area contributed by atoms with Gasteiger partial charge in [-0.25, -0.2) is 4.98 Å². The molecule has 2 aliphatic heterocycles. The lowest BCUT2D eigenvalue weighted by Crippen LogP contribution is -2.42. The van der Waals surface area contributed by atoms with Crippen LogP contribution < -0.4 is 10.9 Å². The molecule has 24 heavy (non-hydrogen) atoms. The van der Waals surface area contributed by atoms with Gasteiger partial charge in [-0.15, -0.1) is 0 Å². The van der Waals surface area contributed by atoms with Gasteiger partial charge in [0.1, 0.15) is 5.76 Å². The molecule has 1 aromatic heterocycles. The Hall–Kier alpha value is -1.69. The smallest absolute Gasteiger partial charge is 0.226 e. The van der Waals surface area contributed by atoms with Crippen LogP contribution in [0.15, 0.2) is 34.7 Å². The largest absolute Gasteiger partial charge is 0.441 e. The molecule has 0 radical (unpaired) electrons. The molecule has 1 aromatic carbocycles. The highest BCUT2D eigenvalue weighted by molar-refractivity contribution is 5.53. The topological polar surface area (TPSA) is 53.3 Å². The van der Waals surface area contributed by atoms with E-state index >= 15 is 0 Å². The van der Waals surface area contributed by atoms with Crippen LogP contribution in [-0.2, 0) is 6.54 Å². The molecule has 2 aromatic rings. The van der Waals surface area contributed by atoms with Gasteiger partial charge in [0.2, 0.25) is 5.89 Å². The zero-order valence-corrected chi connectivity index (χ0v) is 14.3. The van der Waals surface area contributed by atoms with E-state index in [-0.39, 0.29) is 0 Å². The fraction of sp³-hybridized carbons (Fsp3) is 0.526. The summed E-state index contributed by atoms with van der Waals surface area (Å²) in [6.07, 6.45) is 3.79. The molecule has 128 valence electrons. The minimum absolute atomic E-state index is 0.658. The van der Waals surface area contributed by atoms with Crippen molar-refractivity contribution in [3.63, 3.8) is 0 Å². The van der Waals surface area contributed by atoms with Crippen LogP contribution in [-0.4, -0.2) is 35.6 Å². The van der Waals surface area contributed by atoms with Gasteiger partial charge in [-0.2, -0.15) is 0 Å². The Labute approximate surface area is 143 Å². The van der Waals surface area contributed by atoms with Crippen molar-refractivity contribution in [1.29, 1.82) is 0 Å². The van der Waals surface area contributed by atoms with E-state index in [2.05, 4.69) is 15.8 Å². The van der Waals surface area contributed by atoms with Crippen LogP contribution in [0.25, 0.3) is 11.5 Å². The minimum Gasteiger partial charge on any atom is -0.441 e. The molecular formula is C19H26N4O. The lowest BCUT2D eigenvalue weighted by molar-refractivity contribution is 0.154. The van der Waals surface area contributed by atoms with Crippen molar-refractivity contribution < 1.29 is 4.42 Å². The number of hydrogen-bond donors (Lipinski definition) is 2. The van der Waals surface area contributed by atoms with Gasteiger partial charge in [-0.3, -0.25) is 15.8 Å². The number of nitrogens with one attached hydrogen (secondary N) is 2. The number of hydrazine groups is 1. The van der Waals surface area contributed by atoms with Crippen molar-refractivity contribution in [2.45, 2.75) is 38.8 Å². The van der Waals surface area contributed by atoms with Crippen LogP contribution in [0.1, 0.15) is 30.7 Å². The van der Waals surface area contributed by atoms with Crippen LogP contribution in [0.4, 0.5) is 0 Å². The summed E-state index contributed by atoms with van der Waals surface area (Å²) in [5.41, 5.74) is 8.81. The molecule has 2 aliphatic rings. The maximum absolute atomic E-state index is 5.89. The second-order valence-electron chi connectivity index (χ2n) is 6.97. The fourth-order valence-corrected chi connectivity index (χ4v) is 3.86. The molecule has 0 amide bonds. The summed E-state index contributed by atoms with van der Waals surface area (Å²) < 4.78 is 5.89. The van der Waals surface area contributed by atoms with Crippen LogP contribution in [0.5, 0.6) is 0 Å². The molecule has 0 bridgehead atoms. The SMILES string of the molecule is Cc1oc(-c2ccccc2)nc1CN1CCC(C2CCNN2)CC1. The average Bonchev–Trinajstić information content (AvgIpc) is 3.27. The maximum Gasteiger partial charge on any atom is 0.226 e. The van der Waals surface area contributed by atoms with Gasteiger partial charge in [0.25, 0.3) is 0 Å². The standard InChI is InChI=1S/C19H26N4O/c1-14-18(21-19(24-14)16-5-3-2-4-6-16)13-23-11-8-15(9-12-23)17-7-10-20-22-17/h2-6,15,17,20,22H,7-13H2,1H3. The highest BCUT2D eigenvalue weighted by Crippen LogP contribution is 2.26. The molecule has 5 heteroatoms. The van der Waals surface area contributed by atoms with Crippen LogP contribution in [0, 0.1) is 12.8 Å². The van der Waals surface area contributed by atoms with Crippen molar-refractivity contribution in [2.75, 3.05) is 19.6 Å². The number of hydrogen-bond acceptors (Lipinski definition) is 5. The Morgan fingerprint density at radius 1 is 1.17 bits per heavy atom. The third-order valence-corrected chi connectivity index (χ3v) is 5.36. The van der Waals surface area contributed by atoms with Gasteiger partial charge in [0.05, 0.1) is 5.69 Å². The van der Waals surface area contributed by atoms with E-state index in [0.717, 1.165) is 55.0 Å². The third kappa shape index (κ3) is 3.38. The molecule has 0 spiro atoms. The van der Waals surface area contributed by atoms with Gasteiger partial charge < -0.3 is 4.42 Å². The molecular weight excluding hydrogens is 300 g/mol. The molecule has 4 rings (SSSR count). The number of rotatable bonds is 4. The zero-order valence-electron chi connectivity index (χ0n) is 14.3. The Kier molecular flexibility index (Phi) is 4.65.